The highest BCUT2D eigenvalue weighted by Crippen LogP contribution is 2.45. The van der Waals surface area contributed by atoms with Gasteiger partial charge in [0.25, 0.3) is 0 Å². The molecule has 0 aliphatic carbocycles. The Kier molecular flexibility index (Phi) is 6.67. The zero-order valence-corrected chi connectivity index (χ0v) is 16.3. The molecule has 1 unspecified atom stereocenters. The third-order valence-electron chi connectivity index (χ3n) is 5.08. The summed E-state index contributed by atoms with van der Waals surface area (Å²) in [6.07, 6.45) is 1.50. The molecule has 0 fully saturated rings. The summed E-state index contributed by atoms with van der Waals surface area (Å²) in [6.45, 7) is 6.13. The number of methoxy groups -OCH3 is 2. The van der Waals surface area contributed by atoms with Gasteiger partial charge < -0.3 is 14.6 Å². The summed E-state index contributed by atoms with van der Waals surface area (Å²) in [5.41, 5.74) is 5.43. The van der Waals surface area contributed by atoms with E-state index in [1.165, 1.54) is 0 Å². The van der Waals surface area contributed by atoms with Gasteiger partial charge in [0.05, 0.1) is 14.2 Å². The summed E-state index contributed by atoms with van der Waals surface area (Å²) in [5, 5.41) is 9.04. The normalized spacial score (nSPS) is 11.9. The molecule has 1 atom stereocenters. The number of carboxylic acids is 1. The largest absolute Gasteiger partial charge is 0.496 e. The van der Waals surface area contributed by atoms with Crippen molar-refractivity contribution >= 4 is 5.97 Å². The van der Waals surface area contributed by atoms with Gasteiger partial charge in [-0.3, -0.25) is 4.79 Å². The molecular weight excluding hydrogens is 328 g/mol. The van der Waals surface area contributed by atoms with Gasteiger partial charge in [0.15, 0.2) is 0 Å². The molecule has 2 aromatic rings. The second-order valence-electron chi connectivity index (χ2n) is 6.60. The van der Waals surface area contributed by atoms with Crippen molar-refractivity contribution in [2.75, 3.05) is 14.2 Å². The van der Waals surface area contributed by atoms with E-state index in [9.17, 15) is 4.79 Å². The zero-order chi connectivity index (χ0) is 19.3. The van der Waals surface area contributed by atoms with Crippen LogP contribution in [0.4, 0.5) is 0 Å². The van der Waals surface area contributed by atoms with Crippen molar-refractivity contribution in [3.05, 3.63) is 58.1 Å². The van der Waals surface area contributed by atoms with Gasteiger partial charge in [-0.05, 0) is 55.9 Å². The number of carbonyl (C=O) groups is 1. The molecule has 4 heteroatoms. The van der Waals surface area contributed by atoms with Crippen LogP contribution in [0.15, 0.2) is 30.3 Å². The van der Waals surface area contributed by atoms with Crippen LogP contribution in [0.5, 0.6) is 11.5 Å². The molecule has 2 rings (SSSR count). The van der Waals surface area contributed by atoms with Gasteiger partial charge in [0, 0.05) is 17.9 Å². The molecule has 0 spiro atoms. The quantitative estimate of drug-likeness (QED) is 0.722. The number of benzene rings is 2. The molecule has 0 amide bonds. The van der Waals surface area contributed by atoms with E-state index >= 15 is 0 Å². The molecule has 0 aliphatic rings. The molecule has 26 heavy (non-hydrogen) atoms. The minimum absolute atomic E-state index is 0.0544. The average Bonchev–Trinajstić information content (AvgIpc) is 2.63. The molecule has 0 saturated carbocycles. The molecule has 0 bridgehead atoms. The Morgan fingerprint density at radius 1 is 0.962 bits per heavy atom. The molecular formula is C22H28O4. The van der Waals surface area contributed by atoms with Gasteiger partial charge in [0.1, 0.15) is 11.5 Å². The van der Waals surface area contributed by atoms with Crippen LogP contribution in [0.25, 0.3) is 0 Å². The number of ether oxygens (including phenoxy) is 2. The van der Waals surface area contributed by atoms with E-state index in [0.717, 1.165) is 45.7 Å². The first-order valence-corrected chi connectivity index (χ1v) is 8.90. The molecule has 1 N–H and O–H groups in total. The molecule has 2 aromatic carbocycles. The van der Waals surface area contributed by atoms with E-state index in [2.05, 4.69) is 19.1 Å². The number of rotatable bonds is 8. The van der Waals surface area contributed by atoms with Crippen LogP contribution in [0, 0.1) is 20.8 Å². The van der Waals surface area contributed by atoms with Crippen LogP contribution in [0.1, 0.15) is 53.0 Å². The monoisotopic (exact) mass is 356 g/mol. The Morgan fingerprint density at radius 2 is 1.54 bits per heavy atom. The fourth-order valence-corrected chi connectivity index (χ4v) is 3.73. The highest BCUT2D eigenvalue weighted by molar-refractivity contribution is 5.66. The van der Waals surface area contributed by atoms with Gasteiger partial charge >= 0.3 is 5.97 Å². The van der Waals surface area contributed by atoms with E-state index in [0.29, 0.717) is 6.42 Å². The number of carboxylic acid groups (broad SMARTS) is 1. The molecule has 0 aromatic heterocycles. The van der Waals surface area contributed by atoms with E-state index in [1.54, 1.807) is 14.2 Å². The minimum atomic E-state index is -0.766. The van der Waals surface area contributed by atoms with Gasteiger partial charge in [0.2, 0.25) is 0 Å². The summed E-state index contributed by atoms with van der Waals surface area (Å²) < 4.78 is 11.5. The zero-order valence-electron chi connectivity index (χ0n) is 16.3. The third-order valence-corrected chi connectivity index (χ3v) is 5.08. The van der Waals surface area contributed by atoms with E-state index in [4.69, 9.17) is 14.6 Å². The second kappa shape index (κ2) is 8.75. The molecule has 0 saturated heterocycles. The van der Waals surface area contributed by atoms with Gasteiger partial charge in [-0.25, -0.2) is 0 Å². The maximum absolute atomic E-state index is 11.0. The van der Waals surface area contributed by atoms with Crippen LogP contribution < -0.4 is 9.47 Å². The van der Waals surface area contributed by atoms with Crippen molar-refractivity contribution < 1.29 is 19.4 Å². The number of hydrogen-bond donors (Lipinski definition) is 1. The standard InChI is InChI=1S/C22H28O4/c1-14-15(2)22(26-5)20(16(3)21(14)25-4)18(12-9-13-19(23)24)17-10-7-6-8-11-17/h6-8,10-11,18H,9,12-13H2,1-5H3,(H,23,24). The fourth-order valence-electron chi connectivity index (χ4n) is 3.73. The number of hydrogen-bond acceptors (Lipinski definition) is 3. The number of aliphatic carboxylic acids is 1. The van der Waals surface area contributed by atoms with Crippen molar-refractivity contribution in [2.45, 2.75) is 46.0 Å². The third kappa shape index (κ3) is 4.01. The molecule has 0 radical (unpaired) electrons. The lowest BCUT2D eigenvalue weighted by molar-refractivity contribution is -0.137. The first-order chi connectivity index (χ1) is 12.4. The topological polar surface area (TPSA) is 55.8 Å². The van der Waals surface area contributed by atoms with Crippen molar-refractivity contribution in [1.82, 2.24) is 0 Å². The summed E-state index contributed by atoms with van der Waals surface area (Å²) in [5.74, 6) is 1.03. The Bertz CT molecular complexity index is 766. The maximum Gasteiger partial charge on any atom is 0.303 e. The van der Waals surface area contributed by atoms with Crippen molar-refractivity contribution in [3.8, 4) is 11.5 Å². The lowest BCUT2D eigenvalue weighted by Crippen LogP contribution is -2.10. The first-order valence-electron chi connectivity index (χ1n) is 8.90. The Hall–Kier alpha value is -2.49. The maximum atomic E-state index is 11.0. The predicted molar refractivity (Wildman–Crippen MR) is 104 cm³/mol. The van der Waals surface area contributed by atoms with Gasteiger partial charge in [-0.2, -0.15) is 0 Å². The minimum Gasteiger partial charge on any atom is -0.496 e. The van der Waals surface area contributed by atoms with Crippen LogP contribution in [0.3, 0.4) is 0 Å². The van der Waals surface area contributed by atoms with Gasteiger partial charge in [-0.15, -0.1) is 0 Å². The first kappa shape index (κ1) is 19.8. The lowest BCUT2D eigenvalue weighted by Gasteiger charge is -2.26. The summed E-state index contributed by atoms with van der Waals surface area (Å²) in [7, 11) is 3.38. The lowest BCUT2D eigenvalue weighted by atomic mass is 9.82. The fraction of sp³-hybridized carbons (Fsp3) is 0.409. The SMILES string of the molecule is COc1c(C)c(C)c(OC)c(C(CCCC(=O)O)c2ccccc2)c1C. The van der Waals surface area contributed by atoms with Crippen LogP contribution in [-0.2, 0) is 4.79 Å². The Labute approximate surface area is 155 Å². The molecule has 0 aliphatic heterocycles. The summed E-state index contributed by atoms with van der Waals surface area (Å²) in [6, 6.07) is 10.2. The van der Waals surface area contributed by atoms with Crippen LogP contribution in [0.2, 0.25) is 0 Å². The predicted octanol–water partition coefficient (Wildman–Crippen LogP) is 5.02. The highest BCUT2D eigenvalue weighted by atomic mass is 16.5. The van der Waals surface area contributed by atoms with Crippen molar-refractivity contribution in [3.63, 3.8) is 0 Å². The molecule has 0 heterocycles. The van der Waals surface area contributed by atoms with Gasteiger partial charge in [-0.1, -0.05) is 30.3 Å². The Morgan fingerprint density at radius 3 is 2.08 bits per heavy atom. The second-order valence-corrected chi connectivity index (χ2v) is 6.60. The average molecular weight is 356 g/mol. The van der Waals surface area contributed by atoms with Crippen molar-refractivity contribution in [2.24, 2.45) is 0 Å². The van der Waals surface area contributed by atoms with E-state index in [-0.39, 0.29) is 12.3 Å². The van der Waals surface area contributed by atoms with Crippen LogP contribution >= 0.6 is 0 Å². The molecule has 140 valence electrons. The smallest absolute Gasteiger partial charge is 0.303 e. The summed E-state index contributed by atoms with van der Waals surface area (Å²) >= 11 is 0. The summed E-state index contributed by atoms with van der Waals surface area (Å²) in [4.78, 5) is 11.0. The molecule has 4 nitrogen and oxygen atoms in total. The Balaban J connectivity index is 2.63. The highest BCUT2D eigenvalue weighted by Gasteiger charge is 2.26. The van der Waals surface area contributed by atoms with Crippen molar-refractivity contribution in [1.29, 1.82) is 0 Å². The van der Waals surface area contributed by atoms with E-state index < -0.39 is 5.97 Å². The van der Waals surface area contributed by atoms with Crippen LogP contribution in [-0.4, -0.2) is 25.3 Å². The van der Waals surface area contributed by atoms with E-state index in [1.807, 2.05) is 32.0 Å².